The molecular formula is C12H20N2O4S. The molecule has 0 aromatic rings. The molecule has 0 radical (unpaired) electrons. The van der Waals surface area contributed by atoms with Crippen LogP contribution in [-0.4, -0.2) is 60.9 Å². The Hall–Kier alpha value is -1.08. The number of thioether (sulfide) groups is 1. The van der Waals surface area contributed by atoms with Gasteiger partial charge in [-0.25, -0.2) is 0 Å². The van der Waals surface area contributed by atoms with Crippen molar-refractivity contribution in [2.75, 3.05) is 32.2 Å². The van der Waals surface area contributed by atoms with E-state index in [0.29, 0.717) is 6.54 Å². The highest BCUT2D eigenvalue weighted by molar-refractivity contribution is 7.98. The van der Waals surface area contributed by atoms with Crippen molar-refractivity contribution in [1.82, 2.24) is 10.2 Å². The van der Waals surface area contributed by atoms with E-state index in [1.54, 1.807) is 18.9 Å². The molecule has 1 N–H and O–H groups in total. The molecule has 7 heteroatoms. The number of carbonyl (C=O) groups is 3. The van der Waals surface area contributed by atoms with Crippen LogP contribution in [0.5, 0.6) is 0 Å². The molecule has 1 aliphatic rings. The summed E-state index contributed by atoms with van der Waals surface area (Å²) in [5, 5.41) is 2.69. The number of hydrogen-bond donors (Lipinski definition) is 1. The van der Waals surface area contributed by atoms with Crippen molar-refractivity contribution in [3.05, 3.63) is 0 Å². The van der Waals surface area contributed by atoms with E-state index in [1.165, 1.54) is 0 Å². The summed E-state index contributed by atoms with van der Waals surface area (Å²) in [6.07, 6.45) is 3.23. The minimum atomic E-state index is -0.324. The highest BCUT2D eigenvalue weighted by atomic mass is 32.2. The quantitative estimate of drug-likeness (QED) is 0.637. The molecule has 3 amide bonds. The van der Waals surface area contributed by atoms with Crippen LogP contribution in [0.1, 0.15) is 19.3 Å². The van der Waals surface area contributed by atoms with Gasteiger partial charge in [0.05, 0.1) is 6.10 Å². The number of ether oxygens (including phenoxy) is 1. The Labute approximate surface area is 117 Å². The Morgan fingerprint density at radius 2 is 2.05 bits per heavy atom. The third-order valence-electron chi connectivity index (χ3n) is 2.96. The van der Waals surface area contributed by atoms with Gasteiger partial charge in [0.1, 0.15) is 6.54 Å². The monoisotopic (exact) mass is 288 g/mol. The first-order valence-corrected chi connectivity index (χ1v) is 7.59. The SMILES string of the molecule is COC(CCSC)CNC(=O)CN1C(=O)CCC1=O. The van der Waals surface area contributed by atoms with E-state index in [1.807, 2.05) is 6.26 Å². The van der Waals surface area contributed by atoms with Gasteiger partial charge < -0.3 is 10.1 Å². The second-order valence-corrected chi connectivity index (χ2v) is 5.30. The van der Waals surface area contributed by atoms with Crippen molar-refractivity contribution >= 4 is 29.5 Å². The fraction of sp³-hybridized carbons (Fsp3) is 0.750. The summed E-state index contributed by atoms with van der Waals surface area (Å²) in [6.45, 7) is 0.211. The van der Waals surface area contributed by atoms with Crippen LogP contribution in [0, 0.1) is 0 Å². The molecule has 0 aromatic carbocycles. The van der Waals surface area contributed by atoms with E-state index in [4.69, 9.17) is 4.74 Å². The molecular weight excluding hydrogens is 268 g/mol. The zero-order valence-corrected chi connectivity index (χ0v) is 12.1. The van der Waals surface area contributed by atoms with E-state index in [0.717, 1.165) is 17.1 Å². The van der Waals surface area contributed by atoms with Gasteiger partial charge in [-0.1, -0.05) is 0 Å². The summed E-state index contributed by atoms with van der Waals surface area (Å²) in [7, 11) is 1.60. The largest absolute Gasteiger partial charge is 0.380 e. The molecule has 1 aliphatic heterocycles. The van der Waals surface area contributed by atoms with Crippen molar-refractivity contribution in [3.8, 4) is 0 Å². The maximum absolute atomic E-state index is 11.7. The number of nitrogens with zero attached hydrogens (tertiary/aromatic N) is 1. The zero-order valence-electron chi connectivity index (χ0n) is 11.3. The predicted octanol–water partition coefficient (Wildman–Crippen LogP) is 0.0197. The Morgan fingerprint density at radius 1 is 1.42 bits per heavy atom. The number of hydrogen-bond acceptors (Lipinski definition) is 5. The second-order valence-electron chi connectivity index (χ2n) is 4.32. The van der Waals surface area contributed by atoms with E-state index in [-0.39, 0.29) is 43.2 Å². The Balaban J connectivity index is 2.30. The summed E-state index contributed by atoms with van der Waals surface area (Å²) in [5.74, 6) is 0.0868. The molecule has 19 heavy (non-hydrogen) atoms. The Bertz CT molecular complexity index is 333. The number of likely N-dealkylation sites (tertiary alicyclic amines) is 1. The van der Waals surface area contributed by atoms with Crippen LogP contribution in [0.3, 0.4) is 0 Å². The lowest BCUT2D eigenvalue weighted by molar-refractivity contribution is -0.142. The number of imide groups is 1. The molecule has 1 rings (SSSR count). The van der Waals surface area contributed by atoms with E-state index in [2.05, 4.69) is 5.32 Å². The molecule has 108 valence electrons. The number of rotatable bonds is 8. The molecule has 1 saturated heterocycles. The van der Waals surface area contributed by atoms with E-state index < -0.39 is 0 Å². The standard InChI is InChI=1S/C12H20N2O4S/c1-18-9(5-6-19-2)7-13-10(15)8-14-11(16)3-4-12(14)17/h9H,3-8H2,1-2H3,(H,13,15). The maximum atomic E-state index is 11.7. The first kappa shape index (κ1) is 16.0. The molecule has 1 atom stereocenters. The van der Waals surface area contributed by atoms with Crippen LogP contribution in [0.15, 0.2) is 0 Å². The van der Waals surface area contributed by atoms with Crippen LogP contribution in [-0.2, 0) is 19.1 Å². The molecule has 6 nitrogen and oxygen atoms in total. The van der Waals surface area contributed by atoms with Crippen molar-refractivity contribution in [3.63, 3.8) is 0 Å². The van der Waals surface area contributed by atoms with Gasteiger partial charge in [0.15, 0.2) is 0 Å². The normalized spacial score (nSPS) is 16.8. The van der Waals surface area contributed by atoms with Gasteiger partial charge in [0, 0.05) is 26.5 Å². The number of nitrogens with one attached hydrogen (secondary N) is 1. The fourth-order valence-corrected chi connectivity index (χ4v) is 2.28. The minimum Gasteiger partial charge on any atom is -0.380 e. The summed E-state index contributed by atoms with van der Waals surface area (Å²) < 4.78 is 5.24. The smallest absolute Gasteiger partial charge is 0.240 e. The summed E-state index contributed by atoms with van der Waals surface area (Å²) >= 11 is 1.72. The van der Waals surface area contributed by atoms with Crippen molar-refractivity contribution in [1.29, 1.82) is 0 Å². The van der Waals surface area contributed by atoms with Gasteiger partial charge in [-0.3, -0.25) is 19.3 Å². The van der Waals surface area contributed by atoms with Gasteiger partial charge in [-0.15, -0.1) is 0 Å². The third-order valence-corrected chi connectivity index (χ3v) is 3.60. The molecule has 0 aromatic heterocycles. The first-order chi connectivity index (χ1) is 9.08. The van der Waals surface area contributed by atoms with Crippen LogP contribution >= 0.6 is 11.8 Å². The number of amides is 3. The average molecular weight is 288 g/mol. The van der Waals surface area contributed by atoms with Crippen molar-refractivity contribution < 1.29 is 19.1 Å². The van der Waals surface area contributed by atoms with Gasteiger partial charge in [-0.2, -0.15) is 11.8 Å². The summed E-state index contributed by atoms with van der Waals surface area (Å²) in [6, 6.07) is 0. The average Bonchev–Trinajstić information content (AvgIpc) is 2.71. The molecule has 0 aliphatic carbocycles. The lowest BCUT2D eigenvalue weighted by atomic mass is 10.2. The molecule has 1 heterocycles. The van der Waals surface area contributed by atoms with E-state index >= 15 is 0 Å². The van der Waals surface area contributed by atoms with E-state index in [9.17, 15) is 14.4 Å². The second kappa shape index (κ2) is 8.16. The highest BCUT2D eigenvalue weighted by Gasteiger charge is 2.30. The maximum Gasteiger partial charge on any atom is 0.240 e. The lowest BCUT2D eigenvalue weighted by Gasteiger charge is -2.17. The van der Waals surface area contributed by atoms with Crippen LogP contribution in [0.4, 0.5) is 0 Å². The van der Waals surface area contributed by atoms with Gasteiger partial charge in [0.2, 0.25) is 17.7 Å². The summed E-state index contributed by atoms with van der Waals surface area (Å²) in [4.78, 5) is 35.4. The molecule has 0 spiro atoms. The van der Waals surface area contributed by atoms with Crippen molar-refractivity contribution in [2.45, 2.75) is 25.4 Å². The first-order valence-electron chi connectivity index (χ1n) is 6.20. The molecule has 1 unspecified atom stereocenters. The topological polar surface area (TPSA) is 75.7 Å². The summed E-state index contributed by atoms with van der Waals surface area (Å²) in [5.41, 5.74) is 0. The van der Waals surface area contributed by atoms with Gasteiger partial charge in [0.25, 0.3) is 0 Å². The zero-order chi connectivity index (χ0) is 14.3. The predicted molar refractivity (Wildman–Crippen MR) is 72.8 cm³/mol. The Morgan fingerprint density at radius 3 is 2.58 bits per heavy atom. The van der Waals surface area contributed by atoms with Crippen LogP contribution < -0.4 is 5.32 Å². The number of carbonyl (C=O) groups excluding carboxylic acids is 3. The van der Waals surface area contributed by atoms with Gasteiger partial charge >= 0.3 is 0 Å². The van der Waals surface area contributed by atoms with Crippen LogP contribution in [0.2, 0.25) is 0 Å². The highest BCUT2D eigenvalue weighted by Crippen LogP contribution is 2.10. The molecule has 0 bridgehead atoms. The van der Waals surface area contributed by atoms with Gasteiger partial charge in [-0.05, 0) is 18.4 Å². The minimum absolute atomic E-state index is 0.0404. The number of methoxy groups -OCH3 is 1. The fourth-order valence-electron chi connectivity index (χ4n) is 1.78. The third kappa shape index (κ3) is 5.20. The Kier molecular flexibility index (Phi) is 6.86. The van der Waals surface area contributed by atoms with Crippen molar-refractivity contribution in [2.24, 2.45) is 0 Å². The lowest BCUT2D eigenvalue weighted by Crippen LogP contribution is -2.42. The molecule has 1 fully saturated rings. The molecule has 0 saturated carbocycles. The van der Waals surface area contributed by atoms with Crippen LogP contribution in [0.25, 0.3) is 0 Å².